The lowest BCUT2D eigenvalue weighted by molar-refractivity contribution is 0.00497. The maximum Gasteiger partial charge on any atom is 0.168 e. The minimum absolute atomic E-state index is 0.0268. The third-order valence-electron chi connectivity index (χ3n) is 15.5. The van der Waals surface area contributed by atoms with Gasteiger partial charge in [-0.05, 0) is 133 Å². The second-order valence-corrected chi connectivity index (χ2v) is 19.4. The first-order chi connectivity index (χ1) is 32.2. The van der Waals surface area contributed by atoms with Crippen molar-refractivity contribution < 1.29 is 34.6 Å². The maximum absolute atomic E-state index is 12.0. The van der Waals surface area contributed by atoms with Crippen LogP contribution in [0, 0.1) is 29.6 Å². The summed E-state index contributed by atoms with van der Waals surface area (Å²) < 4.78 is 22.1. The number of nitrogens with two attached hydrogens (primary N) is 1. The average molecular weight is 886 g/mol. The van der Waals surface area contributed by atoms with Crippen LogP contribution in [0.1, 0.15) is 89.5 Å². The van der Waals surface area contributed by atoms with Gasteiger partial charge in [0, 0.05) is 70.2 Å². The lowest BCUT2D eigenvalue weighted by Crippen LogP contribution is -2.47. The molecule has 12 rings (SSSR count). The summed E-state index contributed by atoms with van der Waals surface area (Å²) in [5.41, 5.74) is 16.7. The number of dihydropyridines is 1. The van der Waals surface area contributed by atoms with Crippen molar-refractivity contribution in [3.8, 4) is 29.1 Å². The zero-order valence-electron chi connectivity index (χ0n) is 37.3. The molecule has 7 N–H and O–H groups in total. The molecule has 1 aromatic heterocycles. The van der Waals surface area contributed by atoms with Gasteiger partial charge >= 0.3 is 0 Å². The predicted octanol–water partition coefficient (Wildman–Crippen LogP) is 8.15. The van der Waals surface area contributed by atoms with E-state index >= 15 is 0 Å². The van der Waals surface area contributed by atoms with E-state index in [0.717, 1.165) is 101 Å². The number of aromatic hydroxyl groups is 2. The standard InChI is InChI=1S/C56H59N3O7/c57-53-26-37-13-10-34(8-9-35-11-17-44(61)18-12-35)4-3-6-45-27-51(62)38-15-19-46-47(24-38)40(30-60)25-52(63)54(46)66-31-41-23-43(22-39-28-59(29-48(39)41)55(58-53)49(37)33-65-45)56-20-21-64-32-42(56)16-14-36-5-1-2-7-50(36)56/h1-2,5,7,11-12,15,17-19,22-23,25-26,28-29,34,38,42,45,51,53,58,60-63H,3-4,6,8-9,14,16,20-21,24,27,30-33,57H2/t34-,38-,42-,45+,51+,53?,56-/m1/s1. The Bertz CT molecular complexity index is 2830. The number of nitrogens with zero attached hydrogens (tertiary/aromatic N) is 1. The molecule has 8 bridgehead atoms. The monoisotopic (exact) mass is 885 g/mol. The van der Waals surface area contributed by atoms with E-state index in [1.54, 1.807) is 18.2 Å². The van der Waals surface area contributed by atoms with Crippen molar-refractivity contribution in [2.24, 2.45) is 23.5 Å². The molecule has 1 fully saturated rings. The first-order valence-corrected chi connectivity index (χ1v) is 23.9. The number of rotatable bonds is 5. The van der Waals surface area contributed by atoms with Crippen LogP contribution in [0.2, 0.25) is 0 Å². The summed E-state index contributed by atoms with van der Waals surface area (Å²) >= 11 is 0. The number of aliphatic hydroxyl groups excluding tert-OH is 2. The van der Waals surface area contributed by atoms with Gasteiger partial charge in [-0.1, -0.05) is 66.5 Å². The van der Waals surface area contributed by atoms with Crippen molar-refractivity contribution in [1.82, 2.24) is 9.88 Å². The summed E-state index contributed by atoms with van der Waals surface area (Å²) in [6, 6.07) is 22.7. The molecule has 5 aromatic rings. The van der Waals surface area contributed by atoms with Crippen LogP contribution in [0.25, 0.3) is 22.7 Å². The summed E-state index contributed by atoms with van der Waals surface area (Å²) in [6.45, 7) is 1.57. The fraction of sp³-hybridized carbons (Fsp3) is 0.393. The first kappa shape index (κ1) is 42.8. The number of phenols is 2. The number of hydrogen-bond donors (Lipinski definition) is 6. The van der Waals surface area contributed by atoms with Crippen molar-refractivity contribution >= 4 is 22.7 Å². The van der Waals surface area contributed by atoms with E-state index in [2.05, 4.69) is 70.5 Å². The van der Waals surface area contributed by atoms with Gasteiger partial charge in [-0.3, -0.25) is 0 Å². The van der Waals surface area contributed by atoms with Crippen LogP contribution in [0.15, 0.2) is 102 Å². The molecular formula is C56H59N3O7. The van der Waals surface area contributed by atoms with Gasteiger partial charge in [-0.25, -0.2) is 0 Å². The van der Waals surface area contributed by atoms with Gasteiger partial charge in [0.25, 0.3) is 0 Å². The van der Waals surface area contributed by atoms with Crippen molar-refractivity contribution in [2.45, 2.75) is 101 Å². The second-order valence-electron chi connectivity index (χ2n) is 19.4. The third-order valence-corrected chi connectivity index (χ3v) is 15.5. The number of ether oxygens (including phenoxy) is 3. The first-order valence-electron chi connectivity index (χ1n) is 23.9. The van der Waals surface area contributed by atoms with Crippen LogP contribution in [-0.2, 0) is 47.4 Å². The number of aromatic nitrogens is 1. The number of fused-ring (bicyclic) bond motifs is 5. The molecule has 1 unspecified atom stereocenters. The quantitative estimate of drug-likeness (QED) is 0.0962. The average Bonchev–Trinajstić information content (AvgIpc) is 3.76. The topological polar surface area (TPSA) is 152 Å². The summed E-state index contributed by atoms with van der Waals surface area (Å²) in [7, 11) is 0. The molecule has 0 saturated carbocycles. The summed E-state index contributed by atoms with van der Waals surface area (Å²) in [5.74, 6) is 8.85. The number of phenolic OH excluding ortho intramolecular Hbond substituents is 2. The zero-order chi connectivity index (χ0) is 44.9. The Morgan fingerprint density at radius 2 is 1.85 bits per heavy atom. The fourth-order valence-corrected chi connectivity index (χ4v) is 11.9. The van der Waals surface area contributed by atoms with Crippen molar-refractivity contribution in [3.05, 3.63) is 147 Å². The molecule has 1 saturated heterocycles. The zero-order valence-corrected chi connectivity index (χ0v) is 37.3. The molecular weight excluding hydrogens is 827 g/mol. The normalized spacial score (nSPS) is 27.0. The molecule has 0 radical (unpaired) electrons. The number of aryl methyl sites for hydroxylation is 2. The Hall–Kier alpha value is -5.80. The highest BCUT2D eigenvalue weighted by Crippen LogP contribution is 2.52. The highest BCUT2D eigenvalue weighted by atomic mass is 16.5. The molecule has 10 nitrogen and oxygen atoms in total. The molecule has 340 valence electrons. The number of benzene rings is 4. The molecule has 0 spiro atoms. The molecule has 4 aromatic carbocycles. The van der Waals surface area contributed by atoms with Crippen LogP contribution in [0.5, 0.6) is 17.2 Å². The van der Waals surface area contributed by atoms with Gasteiger partial charge in [0.05, 0.1) is 38.2 Å². The molecule has 2 aliphatic carbocycles. The van der Waals surface area contributed by atoms with Crippen molar-refractivity contribution in [2.75, 3.05) is 19.8 Å². The molecule has 7 aliphatic rings. The Balaban J connectivity index is 1.08. The number of nitrogens with one attached hydrogen (secondary N) is 1. The van der Waals surface area contributed by atoms with Gasteiger partial charge in [0.1, 0.15) is 18.2 Å². The van der Waals surface area contributed by atoms with Gasteiger partial charge in [0.2, 0.25) is 0 Å². The van der Waals surface area contributed by atoms with Crippen LogP contribution < -0.4 is 15.8 Å². The predicted molar refractivity (Wildman–Crippen MR) is 255 cm³/mol. The van der Waals surface area contributed by atoms with Crippen LogP contribution in [0.4, 0.5) is 0 Å². The molecule has 7 atom stereocenters. The Morgan fingerprint density at radius 3 is 2.73 bits per heavy atom. The van der Waals surface area contributed by atoms with Gasteiger partial charge < -0.3 is 50.3 Å². The summed E-state index contributed by atoms with van der Waals surface area (Å²) in [6.07, 6.45) is 16.8. The molecule has 66 heavy (non-hydrogen) atoms. The molecule has 6 heterocycles. The minimum atomic E-state index is -0.725. The van der Waals surface area contributed by atoms with E-state index in [-0.39, 0.29) is 54.7 Å². The lowest BCUT2D eigenvalue weighted by atomic mass is 9.57. The van der Waals surface area contributed by atoms with E-state index in [1.165, 1.54) is 16.7 Å². The van der Waals surface area contributed by atoms with Gasteiger partial charge in [-0.15, -0.1) is 0 Å². The minimum Gasteiger partial charge on any atom is -0.508 e. The van der Waals surface area contributed by atoms with Crippen molar-refractivity contribution in [1.29, 1.82) is 0 Å². The van der Waals surface area contributed by atoms with E-state index in [4.69, 9.17) is 19.9 Å². The molecule has 5 aliphatic heterocycles. The SMILES string of the molecule is NC1C=C2C#C[C@@H](CCc3ccc(O)cc3)CCC[C@H]3C[C@H](O)[C@@H]4C=Cc5c(c(CO)cc(O)c5OCc5cc([C@@]67CCOC[C@H]6CCc6ccccc67)cc6cn(cc56)C(=C2CO3)N1)C4. The Labute approximate surface area is 386 Å². The van der Waals surface area contributed by atoms with E-state index < -0.39 is 12.3 Å². The van der Waals surface area contributed by atoms with Gasteiger partial charge in [0.15, 0.2) is 11.5 Å². The number of hydrogen-bond acceptors (Lipinski definition) is 9. The van der Waals surface area contributed by atoms with E-state index in [1.807, 2.05) is 30.4 Å². The van der Waals surface area contributed by atoms with E-state index in [0.29, 0.717) is 43.3 Å². The Morgan fingerprint density at radius 1 is 0.970 bits per heavy atom. The van der Waals surface area contributed by atoms with Crippen LogP contribution in [-0.4, -0.2) is 63.2 Å². The highest BCUT2D eigenvalue weighted by Gasteiger charge is 2.47. The van der Waals surface area contributed by atoms with E-state index in [9.17, 15) is 20.4 Å². The third kappa shape index (κ3) is 7.91. The molecule has 10 heteroatoms. The Kier molecular flexibility index (Phi) is 11.5. The fourth-order valence-electron chi connectivity index (χ4n) is 11.9. The summed E-state index contributed by atoms with van der Waals surface area (Å²) in [4.78, 5) is 0. The largest absolute Gasteiger partial charge is 0.508 e. The van der Waals surface area contributed by atoms with Crippen LogP contribution >= 0.6 is 0 Å². The highest BCUT2D eigenvalue weighted by molar-refractivity contribution is 5.89. The lowest BCUT2D eigenvalue weighted by Gasteiger charge is -2.49. The molecule has 0 amide bonds. The second kappa shape index (κ2) is 17.8. The van der Waals surface area contributed by atoms with Crippen LogP contribution in [0.3, 0.4) is 0 Å². The maximum atomic E-state index is 12.0. The summed E-state index contributed by atoms with van der Waals surface area (Å²) in [5, 5.41) is 49.8. The van der Waals surface area contributed by atoms with Crippen molar-refractivity contribution in [3.63, 3.8) is 0 Å². The number of aliphatic hydroxyl groups is 2. The smallest absolute Gasteiger partial charge is 0.168 e. The van der Waals surface area contributed by atoms with Gasteiger partial charge in [-0.2, -0.15) is 0 Å².